The van der Waals surface area contributed by atoms with Gasteiger partial charge >= 0.3 is 6.03 Å². The van der Waals surface area contributed by atoms with Gasteiger partial charge in [0.15, 0.2) is 0 Å². The topological polar surface area (TPSA) is 81.8 Å². The minimum absolute atomic E-state index is 0.00577. The minimum atomic E-state index is -1.16. The van der Waals surface area contributed by atoms with Crippen molar-refractivity contribution in [3.63, 3.8) is 0 Å². The van der Waals surface area contributed by atoms with Crippen LogP contribution in [0.1, 0.15) is 30.9 Å². The number of urea groups is 1. The van der Waals surface area contributed by atoms with E-state index >= 15 is 0 Å². The molecule has 0 bridgehead atoms. The Morgan fingerprint density at radius 3 is 2.48 bits per heavy atom. The molecule has 0 aromatic heterocycles. The predicted octanol–water partition coefficient (Wildman–Crippen LogP) is 2.23. The summed E-state index contributed by atoms with van der Waals surface area (Å²) in [5.74, 6) is -0.722. The van der Waals surface area contributed by atoms with Crippen LogP contribution in [0.5, 0.6) is 0 Å². The highest BCUT2D eigenvalue weighted by atomic mass is 16.2. The third-order valence-electron chi connectivity index (χ3n) is 6.05. The summed E-state index contributed by atoms with van der Waals surface area (Å²) < 4.78 is 0. The van der Waals surface area contributed by atoms with Crippen molar-refractivity contribution in [2.24, 2.45) is 0 Å². The maximum absolute atomic E-state index is 13.0. The zero-order valence-electron chi connectivity index (χ0n) is 17.7. The van der Waals surface area contributed by atoms with Gasteiger partial charge in [-0.2, -0.15) is 0 Å². The molecule has 2 aliphatic rings. The summed E-state index contributed by atoms with van der Waals surface area (Å²) in [6.45, 7) is 3.98. The van der Waals surface area contributed by atoms with Gasteiger partial charge in [-0.25, -0.2) is 4.79 Å². The van der Waals surface area contributed by atoms with Gasteiger partial charge in [-0.3, -0.25) is 19.4 Å². The molecule has 2 unspecified atom stereocenters. The summed E-state index contributed by atoms with van der Waals surface area (Å²) in [5, 5.41) is 5.75. The molecule has 2 atom stereocenters. The van der Waals surface area contributed by atoms with Gasteiger partial charge in [0.1, 0.15) is 12.1 Å². The van der Waals surface area contributed by atoms with Gasteiger partial charge < -0.3 is 10.6 Å². The number of hydrogen-bond acceptors (Lipinski definition) is 4. The summed E-state index contributed by atoms with van der Waals surface area (Å²) in [4.78, 5) is 41.4. The van der Waals surface area contributed by atoms with Gasteiger partial charge in [-0.1, -0.05) is 60.7 Å². The van der Waals surface area contributed by atoms with Crippen molar-refractivity contribution in [1.29, 1.82) is 0 Å². The molecule has 4 amide bonds. The summed E-state index contributed by atoms with van der Waals surface area (Å²) >= 11 is 0. The monoisotopic (exact) mass is 420 g/mol. The normalized spacial score (nSPS) is 24.2. The molecular formula is C24H28N4O3. The lowest BCUT2D eigenvalue weighted by Crippen LogP contribution is -2.50. The molecule has 4 rings (SSSR count). The number of benzene rings is 2. The van der Waals surface area contributed by atoms with Gasteiger partial charge in [0.25, 0.3) is 5.91 Å². The van der Waals surface area contributed by atoms with E-state index in [0.29, 0.717) is 5.56 Å². The number of nitrogens with one attached hydrogen (secondary N) is 2. The van der Waals surface area contributed by atoms with Gasteiger partial charge in [-0.15, -0.1) is 0 Å². The standard InChI is InChI=1S/C24H28N4O3/c1-24(19-11-6-3-7-12-19)22(30)28(23(31)26-24)17-21(29)25-20-13-8-14-27(16-20)15-18-9-4-2-5-10-18/h2-7,9-12,20H,8,13-17H2,1H3,(H,25,29)(H,26,31). The average Bonchev–Trinajstić information content (AvgIpc) is 2.99. The van der Waals surface area contributed by atoms with Crippen LogP contribution in [0.25, 0.3) is 0 Å². The van der Waals surface area contributed by atoms with E-state index in [9.17, 15) is 14.4 Å². The van der Waals surface area contributed by atoms with E-state index in [2.05, 4.69) is 27.7 Å². The molecule has 31 heavy (non-hydrogen) atoms. The lowest BCUT2D eigenvalue weighted by molar-refractivity contribution is -0.135. The van der Waals surface area contributed by atoms with Gasteiger partial charge in [0.05, 0.1) is 0 Å². The zero-order chi connectivity index (χ0) is 21.8. The Morgan fingerprint density at radius 2 is 1.77 bits per heavy atom. The van der Waals surface area contributed by atoms with Crippen LogP contribution >= 0.6 is 0 Å². The molecule has 0 radical (unpaired) electrons. The van der Waals surface area contributed by atoms with Crippen LogP contribution in [0.4, 0.5) is 4.79 Å². The molecule has 2 aromatic carbocycles. The van der Waals surface area contributed by atoms with E-state index in [0.717, 1.165) is 37.4 Å². The highest BCUT2D eigenvalue weighted by Gasteiger charge is 2.49. The largest absolute Gasteiger partial charge is 0.351 e. The predicted molar refractivity (Wildman–Crippen MR) is 117 cm³/mol. The van der Waals surface area contributed by atoms with E-state index in [1.54, 1.807) is 19.1 Å². The molecule has 2 saturated heterocycles. The number of carbonyl (C=O) groups excluding carboxylic acids is 3. The Labute approximate surface area is 182 Å². The van der Waals surface area contributed by atoms with Crippen molar-refractivity contribution in [3.8, 4) is 0 Å². The Morgan fingerprint density at radius 1 is 1.10 bits per heavy atom. The van der Waals surface area contributed by atoms with Crippen LogP contribution in [0.15, 0.2) is 60.7 Å². The molecule has 162 valence electrons. The van der Waals surface area contributed by atoms with Crippen molar-refractivity contribution in [1.82, 2.24) is 20.4 Å². The van der Waals surface area contributed by atoms with Crippen LogP contribution < -0.4 is 10.6 Å². The second-order valence-corrected chi connectivity index (χ2v) is 8.44. The molecule has 2 heterocycles. The SMILES string of the molecule is CC1(c2ccccc2)NC(=O)N(CC(=O)NC2CCCN(Cc3ccccc3)C2)C1=O. The minimum Gasteiger partial charge on any atom is -0.351 e. The van der Waals surface area contributed by atoms with E-state index in [4.69, 9.17) is 0 Å². The van der Waals surface area contributed by atoms with Crippen molar-refractivity contribution in [3.05, 3.63) is 71.8 Å². The number of carbonyl (C=O) groups is 3. The first-order valence-electron chi connectivity index (χ1n) is 10.7. The van der Waals surface area contributed by atoms with E-state index in [1.165, 1.54) is 5.56 Å². The second kappa shape index (κ2) is 8.89. The summed E-state index contributed by atoms with van der Waals surface area (Å²) in [6.07, 6.45) is 1.88. The zero-order valence-corrected chi connectivity index (χ0v) is 17.7. The lowest BCUT2D eigenvalue weighted by atomic mass is 9.92. The molecule has 0 spiro atoms. The average molecular weight is 421 g/mol. The first-order chi connectivity index (χ1) is 15.0. The van der Waals surface area contributed by atoms with E-state index < -0.39 is 17.5 Å². The Kier molecular flexibility index (Phi) is 6.04. The number of hydrogen-bond donors (Lipinski definition) is 2. The second-order valence-electron chi connectivity index (χ2n) is 8.44. The van der Waals surface area contributed by atoms with Crippen molar-refractivity contribution in [2.45, 2.75) is 37.9 Å². The molecule has 7 heteroatoms. The molecular weight excluding hydrogens is 392 g/mol. The first-order valence-corrected chi connectivity index (χ1v) is 10.7. The quantitative estimate of drug-likeness (QED) is 0.703. The van der Waals surface area contributed by atoms with Gasteiger partial charge in [-0.05, 0) is 37.4 Å². The molecule has 7 nitrogen and oxygen atoms in total. The fraction of sp³-hybridized carbons (Fsp3) is 0.375. The smallest absolute Gasteiger partial charge is 0.325 e. The number of amides is 4. The third kappa shape index (κ3) is 4.61. The highest BCUT2D eigenvalue weighted by molar-refractivity contribution is 6.09. The molecule has 0 aliphatic carbocycles. The number of rotatable bonds is 6. The molecule has 0 saturated carbocycles. The molecule has 2 fully saturated rings. The fourth-order valence-corrected chi connectivity index (χ4v) is 4.38. The summed E-state index contributed by atoms with van der Waals surface area (Å²) in [6, 6.07) is 18.8. The van der Waals surface area contributed by atoms with Crippen molar-refractivity contribution in [2.75, 3.05) is 19.6 Å². The van der Waals surface area contributed by atoms with Crippen LogP contribution in [0.2, 0.25) is 0 Å². The number of imide groups is 1. The number of likely N-dealkylation sites (tertiary alicyclic amines) is 1. The first kappa shape index (κ1) is 21.1. The lowest BCUT2D eigenvalue weighted by Gasteiger charge is -2.33. The Balaban J connectivity index is 1.34. The van der Waals surface area contributed by atoms with Crippen LogP contribution in [0.3, 0.4) is 0 Å². The number of piperidine rings is 1. The van der Waals surface area contributed by atoms with Gasteiger partial charge in [0, 0.05) is 19.1 Å². The maximum Gasteiger partial charge on any atom is 0.325 e. The Hall–Kier alpha value is -3.19. The highest BCUT2D eigenvalue weighted by Crippen LogP contribution is 2.28. The van der Waals surface area contributed by atoms with Crippen LogP contribution in [-0.2, 0) is 21.7 Å². The summed E-state index contributed by atoms with van der Waals surface area (Å²) in [7, 11) is 0. The van der Waals surface area contributed by atoms with Crippen molar-refractivity contribution >= 4 is 17.8 Å². The van der Waals surface area contributed by atoms with Crippen LogP contribution in [-0.4, -0.2) is 53.3 Å². The Bertz CT molecular complexity index is 950. The number of nitrogens with zero attached hydrogens (tertiary/aromatic N) is 2. The molecule has 2 aliphatic heterocycles. The van der Waals surface area contributed by atoms with E-state index in [1.807, 2.05) is 36.4 Å². The van der Waals surface area contributed by atoms with Gasteiger partial charge in [0.2, 0.25) is 5.91 Å². The maximum atomic E-state index is 13.0. The van der Waals surface area contributed by atoms with Crippen molar-refractivity contribution < 1.29 is 14.4 Å². The van der Waals surface area contributed by atoms with Crippen LogP contribution in [0, 0.1) is 0 Å². The van der Waals surface area contributed by atoms with E-state index in [-0.39, 0.29) is 18.5 Å². The summed E-state index contributed by atoms with van der Waals surface area (Å²) in [5.41, 5.74) is 0.782. The molecule has 2 N–H and O–H groups in total. The third-order valence-corrected chi connectivity index (χ3v) is 6.05. The fourth-order valence-electron chi connectivity index (χ4n) is 4.38. The molecule has 2 aromatic rings.